The van der Waals surface area contributed by atoms with Gasteiger partial charge < -0.3 is 5.11 Å². The van der Waals surface area contributed by atoms with E-state index in [1.807, 2.05) is 20.8 Å². The van der Waals surface area contributed by atoms with E-state index in [9.17, 15) is 13.5 Å². The molecule has 0 aliphatic heterocycles. The van der Waals surface area contributed by atoms with E-state index in [4.69, 9.17) is 11.6 Å². The first-order chi connectivity index (χ1) is 8.99. The normalized spacial score (nSPS) is 13.0. The van der Waals surface area contributed by atoms with Crippen LogP contribution < -0.4 is 0 Å². The van der Waals surface area contributed by atoms with Crippen LogP contribution in [-0.2, 0) is 16.6 Å². The summed E-state index contributed by atoms with van der Waals surface area (Å²) < 4.78 is 26.6. The maximum Gasteiger partial charge on any atom is 0.243 e. The van der Waals surface area contributed by atoms with Crippen molar-refractivity contribution in [3.05, 3.63) is 28.3 Å². The van der Waals surface area contributed by atoms with Gasteiger partial charge in [-0.3, -0.25) is 0 Å². The molecule has 1 N–H and O–H groups in total. The van der Waals surface area contributed by atoms with E-state index in [-0.39, 0.29) is 16.9 Å². The van der Waals surface area contributed by atoms with Gasteiger partial charge in [-0.05, 0) is 35.6 Å². The molecule has 20 heavy (non-hydrogen) atoms. The van der Waals surface area contributed by atoms with E-state index in [0.29, 0.717) is 22.7 Å². The molecule has 0 bridgehead atoms. The van der Waals surface area contributed by atoms with E-state index in [1.54, 1.807) is 20.0 Å². The Morgan fingerprint density at radius 1 is 1.30 bits per heavy atom. The molecule has 0 unspecified atom stereocenters. The zero-order valence-electron chi connectivity index (χ0n) is 12.6. The minimum Gasteiger partial charge on any atom is -0.392 e. The lowest BCUT2D eigenvalue weighted by atomic mass is 9.97. The zero-order valence-corrected chi connectivity index (χ0v) is 14.1. The van der Waals surface area contributed by atoms with Crippen LogP contribution in [-0.4, -0.2) is 31.4 Å². The number of halogens is 1. The molecule has 0 atom stereocenters. The van der Waals surface area contributed by atoms with Gasteiger partial charge in [0.25, 0.3) is 0 Å². The summed E-state index contributed by atoms with van der Waals surface area (Å²) in [5.41, 5.74) is 0.923. The molecule has 0 amide bonds. The van der Waals surface area contributed by atoms with E-state index >= 15 is 0 Å². The van der Waals surface area contributed by atoms with Crippen molar-refractivity contribution in [2.45, 2.75) is 39.2 Å². The quantitative estimate of drug-likeness (QED) is 0.928. The van der Waals surface area contributed by atoms with E-state index in [2.05, 4.69) is 0 Å². The van der Waals surface area contributed by atoms with Gasteiger partial charge in [-0.25, -0.2) is 12.7 Å². The Hall–Kier alpha value is -0.620. The lowest BCUT2D eigenvalue weighted by Gasteiger charge is -2.27. The van der Waals surface area contributed by atoms with Crippen LogP contribution in [0.4, 0.5) is 0 Å². The SMILES string of the molecule is Cc1c(CO)cc(Cl)cc1S(=O)(=O)N(C)CC(C)(C)C. The third-order valence-electron chi connectivity index (χ3n) is 2.99. The van der Waals surface area contributed by atoms with Crippen LogP contribution in [0.3, 0.4) is 0 Å². The Kier molecular flexibility index (Phi) is 5.24. The van der Waals surface area contributed by atoms with Gasteiger partial charge in [0.2, 0.25) is 10.0 Å². The molecule has 6 heteroatoms. The van der Waals surface area contributed by atoms with Crippen LogP contribution in [0.5, 0.6) is 0 Å². The molecule has 0 spiro atoms. The van der Waals surface area contributed by atoms with Crippen LogP contribution in [0.25, 0.3) is 0 Å². The monoisotopic (exact) mass is 319 g/mol. The van der Waals surface area contributed by atoms with Gasteiger partial charge >= 0.3 is 0 Å². The lowest BCUT2D eigenvalue weighted by Crippen LogP contribution is -2.35. The number of hydrogen-bond acceptors (Lipinski definition) is 3. The topological polar surface area (TPSA) is 57.6 Å². The summed E-state index contributed by atoms with van der Waals surface area (Å²) in [5.74, 6) is 0. The third kappa shape index (κ3) is 3.95. The molecule has 0 fully saturated rings. The van der Waals surface area contributed by atoms with Crippen molar-refractivity contribution in [1.82, 2.24) is 4.31 Å². The summed E-state index contributed by atoms with van der Waals surface area (Å²) in [5, 5.41) is 9.60. The highest BCUT2D eigenvalue weighted by molar-refractivity contribution is 7.89. The number of sulfonamides is 1. The van der Waals surface area contributed by atoms with Gasteiger partial charge in [0, 0.05) is 18.6 Å². The largest absolute Gasteiger partial charge is 0.392 e. The fraction of sp³-hybridized carbons (Fsp3) is 0.571. The Balaban J connectivity index is 3.32. The minimum absolute atomic E-state index is 0.145. The summed E-state index contributed by atoms with van der Waals surface area (Å²) >= 11 is 5.95. The highest BCUT2D eigenvalue weighted by Gasteiger charge is 2.27. The Bertz CT molecular complexity index is 591. The molecule has 1 aromatic rings. The molecule has 1 aromatic carbocycles. The Labute approximate surface area is 126 Å². The highest BCUT2D eigenvalue weighted by atomic mass is 35.5. The Morgan fingerprint density at radius 3 is 2.30 bits per heavy atom. The van der Waals surface area contributed by atoms with Crippen molar-refractivity contribution in [2.24, 2.45) is 5.41 Å². The number of aliphatic hydroxyl groups is 1. The average molecular weight is 320 g/mol. The van der Waals surface area contributed by atoms with Gasteiger partial charge in [0.15, 0.2) is 0 Å². The fourth-order valence-electron chi connectivity index (χ4n) is 2.06. The summed E-state index contributed by atoms with van der Waals surface area (Å²) in [4.78, 5) is 0.154. The number of benzene rings is 1. The third-order valence-corrected chi connectivity index (χ3v) is 5.14. The molecule has 0 saturated heterocycles. The maximum absolute atomic E-state index is 12.6. The predicted molar refractivity (Wildman–Crippen MR) is 81.4 cm³/mol. The van der Waals surface area contributed by atoms with Crippen molar-refractivity contribution in [1.29, 1.82) is 0 Å². The summed E-state index contributed by atoms with van der Waals surface area (Å²) in [6.45, 7) is 7.77. The zero-order chi connectivity index (χ0) is 15.7. The van der Waals surface area contributed by atoms with Crippen LogP contribution in [0.1, 0.15) is 31.9 Å². The fourth-order valence-corrected chi connectivity index (χ4v) is 4.05. The van der Waals surface area contributed by atoms with Gasteiger partial charge in [-0.1, -0.05) is 32.4 Å². The van der Waals surface area contributed by atoms with Crippen LogP contribution in [0.15, 0.2) is 17.0 Å². The lowest BCUT2D eigenvalue weighted by molar-refractivity contribution is 0.280. The second-order valence-corrected chi connectivity index (χ2v) is 8.62. The molecular weight excluding hydrogens is 298 g/mol. The molecule has 0 heterocycles. The first kappa shape index (κ1) is 17.4. The molecule has 0 aliphatic carbocycles. The predicted octanol–water partition coefficient (Wildman–Crippen LogP) is 2.81. The molecule has 0 radical (unpaired) electrons. The standard InChI is InChI=1S/C14H22ClNO3S/c1-10-11(8-17)6-12(15)7-13(10)20(18,19)16(5)9-14(2,3)4/h6-7,17H,8-9H2,1-5H3. The minimum atomic E-state index is -3.62. The first-order valence-corrected chi connectivity index (χ1v) is 8.17. The van der Waals surface area contributed by atoms with Crippen molar-refractivity contribution >= 4 is 21.6 Å². The molecule has 4 nitrogen and oxygen atoms in total. The summed E-state index contributed by atoms with van der Waals surface area (Å²) in [6.07, 6.45) is 0. The Morgan fingerprint density at radius 2 is 1.85 bits per heavy atom. The van der Waals surface area contributed by atoms with E-state index in [1.165, 1.54) is 10.4 Å². The number of aliphatic hydroxyl groups excluding tert-OH is 1. The second kappa shape index (κ2) is 6.02. The van der Waals surface area contributed by atoms with Crippen LogP contribution in [0.2, 0.25) is 5.02 Å². The smallest absolute Gasteiger partial charge is 0.243 e. The maximum atomic E-state index is 12.6. The van der Waals surface area contributed by atoms with Gasteiger partial charge in [-0.15, -0.1) is 0 Å². The molecule has 0 saturated carbocycles. The van der Waals surface area contributed by atoms with Crippen molar-refractivity contribution in [3.63, 3.8) is 0 Å². The average Bonchev–Trinajstić information content (AvgIpc) is 2.29. The molecule has 114 valence electrons. The van der Waals surface area contributed by atoms with Gasteiger partial charge in [0.1, 0.15) is 0 Å². The van der Waals surface area contributed by atoms with Crippen molar-refractivity contribution in [3.8, 4) is 0 Å². The number of hydrogen-bond donors (Lipinski definition) is 1. The highest BCUT2D eigenvalue weighted by Crippen LogP contribution is 2.28. The van der Waals surface area contributed by atoms with Gasteiger partial charge in [-0.2, -0.15) is 0 Å². The van der Waals surface area contributed by atoms with Crippen LogP contribution in [0, 0.1) is 12.3 Å². The van der Waals surface area contributed by atoms with Crippen molar-refractivity contribution in [2.75, 3.05) is 13.6 Å². The number of rotatable bonds is 4. The van der Waals surface area contributed by atoms with Crippen LogP contribution >= 0.6 is 11.6 Å². The van der Waals surface area contributed by atoms with E-state index < -0.39 is 10.0 Å². The number of nitrogens with zero attached hydrogens (tertiary/aromatic N) is 1. The van der Waals surface area contributed by atoms with Gasteiger partial charge in [0.05, 0.1) is 11.5 Å². The molecule has 0 aromatic heterocycles. The molecular formula is C14H22ClNO3S. The molecule has 0 aliphatic rings. The first-order valence-electron chi connectivity index (χ1n) is 6.35. The summed E-state index contributed by atoms with van der Waals surface area (Å²) in [7, 11) is -2.07. The summed E-state index contributed by atoms with van der Waals surface area (Å²) in [6, 6.07) is 3.02. The molecule has 1 rings (SSSR count). The van der Waals surface area contributed by atoms with Crippen molar-refractivity contribution < 1.29 is 13.5 Å². The second-order valence-electron chi connectivity index (χ2n) is 6.17. The van der Waals surface area contributed by atoms with E-state index in [0.717, 1.165) is 0 Å².